The Kier molecular flexibility index (Phi) is 4.39. The third-order valence-corrected chi connectivity index (χ3v) is 2.98. The second kappa shape index (κ2) is 6.23. The molecule has 1 aromatic heterocycles. The van der Waals surface area contributed by atoms with E-state index < -0.39 is 11.9 Å². The lowest BCUT2D eigenvalue weighted by molar-refractivity contribution is 0.0693. The van der Waals surface area contributed by atoms with Crippen molar-refractivity contribution < 1.29 is 19.4 Å². The first-order valence-electron chi connectivity index (χ1n) is 5.86. The predicted octanol–water partition coefficient (Wildman–Crippen LogP) is 2.69. The van der Waals surface area contributed by atoms with E-state index in [0.29, 0.717) is 0 Å². The largest absolute Gasteiger partial charge is 0.496 e. The van der Waals surface area contributed by atoms with E-state index in [1.807, 2.05) is 0 Å². The van der Waals surface area contributed by atoms with Crippen LogP contribution in [0.1, 0.15) is 20.8 Å². The van der Waals surface area contributed by atoms with Crippen LogP contribution < -0.4 is 10.1 Å². The quantitative estimate of drug-likeness (QED) is 0.906. The molecule has 21 heavy (non-hydrogen) atoms. The molecular weight excluding hydrogens is 296 g/mol. The molecule has 0 aliphatic carbocycles. The minimum atomic E-state index is -1.17. The first-order valence-corrected chi connectivity index (χ1v) is 6.24. The van der Waals surface area contributed by atoms with Gasteiger partial charge in [-0.15, -0.1) is 0 Å². The molecule has 1 heterocycles. The summed E-state index contributed by atoms with van der Waals surface area (Å²) < 4.78 is 4.98. The summed E-state index contributed by atoms with van der Waals surface area (Å²) in [6.07, 6.45) is 1.49. The fraction of sp³-hybridized carbons (Fsp3) is 0.0714. The standard InChI is InChI=1S/C14H11ClN2O4/c1-21-12-7-11(9(15)6-8(12)14(19)20)17-13(18)10-4-2-3-5-16-10/h2-7H,1H3,(H,17,18)(H,19,20). The topological polar surface area (TPSA) is 88.5 Å². The summed E-state index contributed by atoms with van der Waals surface area (Å²) in [6, 6.07) is 7.49. The second-order valence-corrected chi connectivity index (χ2v) is 4.41. The Hall–Kier alpha value is -2.60. The normalized spacial score (nSPS) is 10.0. The van der Waals surface area contributed by atoms with Crippen LogP contribution >= 0.6 is 11.6 Å². The van der Waals surface area contributed by atoms with E-state index in [2.05, 4.69) is 10.3 Å². The van der Waals surface area contributed by atoms with Gasteiger partial charge in [-0.2, -0.15) is 0 Å². The number of carbonyl (C=O) groups is 2. The van der Waals surface area contributed by atoms with Gasteiger partial charge in [0.1, 0.15) is 17.0 Å². The number of hydrogen-bond donors (Lipinski definition) is 2. The van der Waals surface area contributed by atoms with Crippen molar-refractivity contribution >= 4 is 29.2 Å². The summed E-state index contributed by atoms with van der Waals surface area (Å²) in [7, 11) is 1.33. The van der Waals surface area contributed by atoms with E-state index >= 15 is 0 Å². The number of carboxylic acid groups (broad SMARTS) is 1. The fourth-order valence-corrected chi connectivity index (χ4v) is 1.88. The van der Waals surface area contributed by atoms with Crippen LogP contribution in [0.3, 0.4) is 0 Å². The van der Waals surface area contributed by atoms with Crippen LogP contribution in [-0.2, 0) is 0 Å². The van der Waals surface area contributed by atoms with Gasteiger partial charge in [-0.05, 0) is 18.2 Å². The average molecular weight is 307 g/mol. The van der Waals surface area contributed by atoms with E-state index in [0.717, 1.165) is 0 Å². The molecule has 2 aromatic rings. The number of methoxy groups -OCH3 is 1. The Morgan fingerprint density at radius 2 is 2.10 bits per heavy atom. The fourth-order valence-electron chi connectivity index (χ4n) is 1.67. The first-order chi connectivity index (χ1) is 10.0. The molecule has 0 fully saturated rings. The van der Waals surface area contributed by atoms with Gasteiger partial charge < -0.3 is 15.2 Å². The number of pyridine rings is 1. The van der Waals surface area contributed by atoms with E-state index in [4.69, 9.17) is 21.4 Å². The van der Waals surface area contributed by atoms with Gasteiger partial charge in [0, 0.05) is 12.3 Å². The lowest BCUT2D eigenvalue weighted by Crippen LogP contribution is -2.14. The van der Waals surface area contributed by atoms with Crippen molar-refractivity contribution in [2.75, 3.05) is 12.4 Å². The summed E-state index contributed by atoms with van der Waals surface area (Å²) in [4.78, 5) is 27.0. The predicted molar refractivity (Wildman–Crippen MR) is 77.2 cm³/mol. The molecule has 0 unspecified atom stereocenters. The molecule has 2 N–H and O–H groups in total. The number of carboxylic acids is 1. The molecule has 0 saturated carbocycles. The number of ether oxygens (including phenoxy) is 1. The van der Waals surface area contributed by atoms with Crippen LogP contribution in [0.5, 0.6) is 5.75 Å². The molecule has 0 spiro atoms. The van der Waals surface area contributed by atoms with E-state index in [-0.39, 0.29) is 27.7 Å². The number of aromatic nitrogens is 1. The van der Waals surface area contributed by atoms with Crippen molar-refractivity contribution in [3.8, 4) is 5.75 Å². The third kappa shape index (κ3) is 3.29. The minimum Gasteiger partial charge on any atom is -0.496 e. The van der Waals surface area contributed by atoms with Crippen LogP contribution in [0.25, 0.3) is 0 Å². The number of nitrogens with one attached hydrogen (secondary N) is 1. The Morgan fingerprint density at radius 1 is 1.33 bits per heavy atom. The molecule has 1 aromatic carbocycles. The average Bonchev–Trinajstić information content (AvgIpc) is 2.49. The van der Waals surface area contributed by atoms with Crippen molar-refractivity contribution in [1.82, 2.24) is 4.98 Å². The first kappa shape index (κ1) is 14.8. The number of anilines is 1. The van der Waals surface area contributed by atoms with Gasteiger partial charge in [0.05, 0.1) is 17.8 Å². The molecule has 1 amide bonds. The molecule has 2 rings (SSSR count). The van der Waals surface area contributed by atoms with E-state index in [9.17, 15) is 9.59 Å². The maximum atomic E-state index is 12.0. The van der Waals surface area contributed by atoms with Crippen molar-refractivity contribution in [3.63, 3.8) is 0 Å². The number of rotatable bonds is 4. The summed E-state index contributed by atoms with van der Waals surface area (Å²) in [5.41, 5.74) is 0.377. The lowest BCUT2D eigenvalue weighted by atomic mass is 10.1. The molecule has 108 valence electrons. The zero-order valence-electron chi connectivity index (χ0n) is 11.0. The van der Waals surface area contributed by atoms with Gasteiger partial charge in [-0.1, -0.05) is 17.7 Å². The summed E-state index contributed by atoms with van der Waals surface area (Å²) in [6.45, 7) is 0. The van der Waals surface area contributed by atoms with Gasteiger partial charge in [-0.25, -0.2) is 4.79 Å². The number of benzene rings is 1. The maximum absolute atomic E-state index is 12.0. The number of amides is 1. The van der Waals surface area contributed by atoms with Crippen LogP contribution in [0.4, 0.5) is 5.69 Å². The number of carbonyl (C=O) groups excluding carboxylic acids is 1. The lowest BCUT2D eigenvalue weighted by Gasteiger charge is -2.11. The van der Waals surface area contributed by atoms with Crippen molar-refractivity contribution in [1.29, 1.82) is 0 Å². The van der Waals surface area contributed by atoms with Crippen LogP contribution in [-0.4, -0.2) is 29.1 Å². The molecule has 0 bridgehead atoms. The Morgan fingerprint density at radius 3 is 2.67 bits per heavy atom. The maximum Gasteiger partial charge on any atom is 0.339 e. The smallest absolute Gasteiger partial charge is 0.339 e. The van der Waals surface area contributed by atoms with Crippen molar-refractivity contribution in [2.24, 2.45) is 0 Å². The highest BCUT2D eigenvalue weighted by Crippen LogP contribution is 2.31. The van der Waals surface area contributed by atoms with E-state index in [1.165, 1.54) is 25.4 Å². The molecule has 0 aliphatic rings. The molecule has 0 atom stereocenters. The summed E-state index contributed by atoms with van der Waals surface area (Å²) in [5, 5.41) is 11.7. The van der Waals surface area contributed by atoms with Gasteiger partial charge in [0.2, 0.25) is 0 Å². The number of hydrogen-bond acceptors (Lipinski definition) is 4. The molecule has 6 nitrogen and oxygen atoms in total. The zero-order valence-corrected chi connectivity index (χ0v) is 11.7. The molecule has 0 aliphatic heterocycles. The third-order valence-electron chi connectivity index (χ3n) is 2.67. The van der Waals surface area contributed by atoms with Gasteiger partial charge in [0.15, 0.2) is 0 Å². The Bertz CT molecular complexity index is 689. The SMILES string of the molecule is COc1cc(NC(=O)c2ccccn2)c(Cl)cc1C(=O)O. The Labute approximate surface area is 125 Å². The van der Waals surface area contributed by atoms with Crippen molar-refractivity contribution in [3.05, 3.63) is 52.8 Å². The van der Waals surface area contributed by atoms with Crippen LogP contribution in [0.15, 0.2) is 36.5 Å². The number of halogens is 1. The highest BCUT2D eigenvalue weighted by Gasteiger charge is 2.17. The van der Waals surface area contributed by atoms with Crippen molar-refractivity contribution in [2.45, 2.75) is 0 Å². The van der Waals surface area contributed by atoms with E-state index in [1.54, 1.807) is 18.2 Å². The molecule has 0 radical (unpaired) electrons. The van der Waals surface area contributed by atoms with Gasteiger partial charge in [-0.3, -0.25) is 9.78 Å². The number of aromatic carboxylic acids is 1. The highest BCUT2D eigenvalue weighted by molar-refractivity contribution is 6.34. The number of nitrogens with zero attached hydrogens (tertiary/aromatic N) is 1. The highest BCUT2D eigenvalue weighted by atomic mass is 35.5. The van der Waals surface area contributed by atoms with Crippen LogP contribution in [0.2, 0.25) is 5.02 Å². The molecule has 0 saturated heterocycles. The van der Waals surface area contributed by atoms with Gasteiger partial charge in [0.25, 0.3) is 5.91 Å². The molecular formula is C14H11ClN2O4. The summed E-state index contributed by atoms with van der Waals surface area (Å²) >= 11 is 5.98. The molecule has 7 heteroatoms. The van der Waals surface area contributed by atoms with Crippen LogP contribution in [0, 0.1) is 0 Å². The monoisotopic (exact) mass is 306 g/mol. The minimum absolute atomic E-state index is 0.0849. The van der Waals surface area contributed by atoms with Gasteiger partial charge >= 0.3 is 5.97 Å². The second-order valence-electron chi connectivity index (χ2n) is 4.01. The Balaban J connectivity index is 2.33. The zero-order chi connectivity index (χ0) is 15.4. The summed E-state index contributed by atoms with van der Waals surface area (Å²) in [5.74, 6) is -1.53.